The Balaban J connectivity index is 1.56. The summed E-state index contributed by atoms with van der Waals surface area (Å²) in [5, 5.41) is 0. The fraction of sp³-hybridized carbons (Fsp3) is 0.217. The quantitative estimate of drug-likeness (QED) is 0.436. The van der Waals surface area contributed by atoms with E-state index in [1.165, 1.54) is 47.6 Å². The van der Waals surface area contributed by atoms with E-state index >= 15 is 0 Å². The number of hydrogen-bond acceptors (Lipinski definition) is 7. The van der Waals surface area contributed by atoms with E-state index in [2.05, 4.69) is 0 Å². The van der Waals surface area contributed by atoms with Crippen molar-refractivity contribution in [3.05, 3.63) is 83.3 Å². The molecule has 2 aromatic carbocycles. The summed E-state index contributed by atoms with van der Waals surface area (Å²) < 4.78 is 55.9. The maximum Gasteiger partial charge on any atom is 0.254 e. The number of fused-ring (bicyclic) bond motifs is 2. The molecule has 0 bridgehead atoms. The first kappa shape index (κ1) is 21.6. The van der Waals surface area contributed by atoms with Crippen molar-refractivity contribution in [3.63, 3.8) is 0 Å². The van der Waals surface area contributed by atoms with E-state index in [4.69, 9.17) is 4.42 Å². The Hall–Kier alpha value is -3.24. The van der Waals surface area contributed by atoms with Crippen LogP contribution < -0.4 is 0 Å². The summed E-state index contributed by atoms with van der Waals surface area (Å²) in [7, 11) is -7.28. The molecule has 1 saturated heterocycles. The van der Waals surface area contributed by atoms with E-state index in [-0.39, 0.29) is 51.0 Å². The SMILES string of the molecule is O=C1c2ccccc2S(=O)(=O)c2cc(C(=O)N(Cc3ccco3)C3CCS(=O)(=O)C3)ccc21. The molecule has 5 rings (SSSR count). The maximum absolute atomic E-state index is 13.5. The van der Waals surface area contributed by atoms with Gasteiger partial charge >= 0.3 is 0 Å². The molecule has 8 nitrogen and oxygen atoms in total. The second-order valence-corrected chi connectivity index (χ2v) is 12.2. The molecule has 0 radical (unpaired) electrons. The Morgan fingerprint density at radius 1 is 0.970 bits per heavy atom. The van der Waals surface area contributed by atoms with Crippen LogP contribution >= 0.6 is 0 Å². The normalized spacial score (nSPS) is 20.1. The lowest BCUT2D eigenvalue weighted by atomic mass is 10.0. The van der Waals surface area contributed by atoms with Gasteiger partial charge in [-0.25, -0.2) is 16.8 Å². The van der Waals surface area contributed by atoms with Crippen LogP contribution in [0, 0.1) is 0 Å². The summed E-state index contributed by atoms with van der Waals surface area (Å²) in [5.74, 6) is -0.679. The zero-order chi connectivity index (χ0) is 23.4. The molecular formula is C23H19NO7S2. The van der Waals surface area contributed by atoms with Crippen molar-refractivity contribution in [2.75, 3.05) is 11.5 Å². The predicted molar refractivity (Wildman–Crippen MR) is 117 cm³/mol. The highest BCUT2D eigenvalue weighted by Gasteiger charge is 2.38. The second kappa shape index (κ2) is 7.67. The third-order valence-electron chi connectivity index (χ3n) is 6.00. The van der Waals surface area contributed by atoms with E-state index in [1.54, 1.807) is 18.2 Å². The molecule has 0 spiro atoms. The minimum Gasteiger partial charge on any atom is -0.467 e. The molecule has 0 aliphatic carbocycles. The second-order valence-electron chi connectivity index (χ2n) is 8.11. The lowest BCUT2D eigenvalue weighted by molar-refractivity contribution is 0.0665. The molecule has 33 heavy (non-hydrogen) atoms. The lowest BCUT2D eigenvalue weighted by Crippen LogP contribution is -2.40. The highest BCUT2D eigenvalue weighted by atomic mass is 32.2. The molecule has 170 valence electrons. The highest BCUT2D eigenvalue weighted by Crippen LogP contribution is 2.35. The summed E-state index contributed by atoms with van der Waals surface area (Å²) in [5.41, 5.74) is 0.159. The largest absolute Gasteiger partial charge is 0.467 e. The number of ketones is 1. The number of rotatable bonds is 4. The topological polar surface area (TPSA) is 119 Å². The summed E-state index contributed by atoms with van der Waals surface area (Å²) in [6.45, 7) is 0.0393. The molecule has 3 heterocycles. The average Bonchev–Trinajstić information content (AvgIpc) is 3.44. The van der Waals surface area contributed by atoms with Gasteiger partial charge in [-0.05, 0) is 48.9 Å². The minimum atomic E-state index is -4.01. The van der Waals surface area contributed by atoms with Crippen LogP contribution in [0.2, 0.25) is 0 Å². The number of benzene rings is 2. The summed E-state index contributed by atoms with van der Waals surface area (Å²) >= 11 is 0. The van der Waals surface area contributed by atoms with Crippen molar-refractivity contribution in [1.29, 1.82) is 0 Å². The van der Waals surface area contributed by atoms with Gasteiger partial charge in [-0.15, -0.1) is 0 Å². The number of carbonyl (C=O) groups excluding carboxylic acids is 2. The van der Waals surface area contributed by atoms with Crippen LogP contribution in [0.3, 0.4) is 0 Å². The molecule has 1 unspecified atom stereocenters. The third kappa shape index (κ3) is 3.68. The lowest BCUT2D eigenvalue weighted by Gasteiger charge is -2.28. The molecule has 10 heteroatoms. The van der Waals surface area contributed by atoms with Crippen molar-refractivity contribution in [1.82, 2.24) is 4.90 Å². The zero-order valence-corrected chi connectivity index (χ0v) is 18.9. The highest BCUT2D eigenvalue weighted by molar-refractivity contribution is 7.92. The Morgan fingerprint density at radius 3 is 2.42 bits per heavy atom. The van der Waals surface area contributed by atoms with Gasteiger partial charge in [0.2, 0.25) is 9.84 Å². The minimum absolute atomic E-state index is 0.00581. The van der Waals surface area contributed by atoms with Crippen LogP contribution in [0.15, 0.2) is 75.1 Å². The van der Waals surface area contributed by atoms with Crippen molar-refractivity contribution >= 4 is 31.4 Å². The van der Waals surface area contributed by atoms with E-state index in [1.807, 2.05) is 0 Å². The Bertz CT molecular complexity index is 1490. The van der Waals surface area contributed by atoms with Crippen LogP contribution in [-0.2, 0) is 26.2 Å². The van der Waals surface area contributed by atoms with Crippen molar-refractivity contribution in [2.24, 2.45) is 0 Å². The van der Waals surface area contributed by atoms with Gasteiger partial charge in [0.1, 0.15) is 5.76 Å². The van der Waals surface area contributed by atoms with Gasteiger partial charge in [0, 0.05) is 22.7 Å². The number of sulfone groups is 2. The molecule has 1 fully saturated rings. The maximum atomic E-state index is 13.5. The molecule has 2 aliphatic heterocycles. The number of furan rings is 1. The van der Waals surface area contributed by atoms with Gasteiger partial charge < -0.3 is 9.32 Å². The molecule has 1 atom stereocenters. The van der Waals surface area contributed by atoms with Crippen LogP contribution in [0.25, 0.3) is 0 Å². The van der Waals surface area contributed by atoms with Crippen molar-refractivity contribution in [3.8, 4) is 0 Å². The number of amides is 1. The number of nitrogens with zero attached hydrogens (tertiary/aromatic N) is 1. The first-order valence-electron chi connectivity index (χ1n) is 10.2. The fourth-order valence-corrected chi connectivity index (χ4v) is 7.75. The van der Waals surface area contributed by atoms with Gasteiger partial charge in [0.05, 0.1) is 34.1 Å². The summed E-state index contributed by atoms with van der Waals surface area (Å²) in [6, 6.07) is 12.7. The fourth-order valence-electron chi connectivity index (χ4n) is 4.34. The van der Waals surface area contributed by atoms with Crippen LogP contribution in [0.4, 0.5) is 0 Å². The van der Waals surface area contributed by atoms with Crippen molar-refractivity contribution < 1.29 is 30.8 Å². The van der Waals surface area contributed by atoms with Gasteiger partial charge in [0.25, 0.3) is 5.91 Å². The number of hydrogen-bond donors (Lipinski definition) is 0. The van der Waals surface area contributed by atoms with Gasteiger partial charge in [-0.2, -0.15) is 0 Å². The Morgan fingerprint density at radius 2 is 1.73 bits per heavy atom. The molecule has 0 saturated carbocycles. The molecule has 1 amide bonds. The van der Waals surface area contributed by atoms with Gasteiger partial charge in [-0.3, -0.25) is 9.59 Å². The van der Waals surface area contributed by atoms with E-state index < -0.39 is 37.4 Å². The van der Waals surface area contributed by atoms with Crippen molar-refractivity contribution in [2.45, 2.75) is 28.8 Å². The van der Waals surface area contributed by atoms with Gasteiger partial charge in [-0.1, -0.05) is 12.1 Å². The molecule has 0 N–H and O–H groups in total. The van der Waals surface area contributed by atoms with Crippen LogP contribution in [0.5, 0.6) is 0 Å². The molecule has 3 aromatic rings. The number of carbonyl (C=O) groups is 2. The van der Waals surface area contributed by atoms with Gasteiger partial charge in [0.15, 0.2) is 15.6 Å². The standard InChI is InChI=1S/C23H19NO7S2/c25-22-18-5-1-2-6-20(18)33(29,30)21-12-15(7-8-19(21)22)23(26)24(13-17-4-3-10-31-17)16-9-11-32(27,28)14-16/h1-8,10,12,16H,9,11,13-14H2. The molecule has 1 aromatic heterocycles. The molecular weight excluding hydrogens is 466 g/mol. The van der Waals surface area contributed by atoms with E-state index in [0.717, 1.165) is 0 Å². The third-order valence-corrected chi connectivity index (χ3v) is 9.60. The van der Waals surface area contributed by atoms with Crippen LogP contribution in [-0.4, -0.2) is 51.0 Å². The average molecular weight is 486 g/mol. The smallest absolute Gasteiger partial charge is 0.254 e. The zero-order valence-electron chi connectivity index (χ0n) is 17.3. The van der Waals surface area contributed by atoms with E-state index in [9.17, 15) is 26.4 Å². The van der Waals surface area contributed by atoms with E-state index in [0.29, 0.717) is 5.76 Å². The first-order chi connectivity index (χ1) is 15.7. The Labute approximate surface area is 190 Å². The predicted octanol–water partition coefficient (Wildman–Crippen LogP) is 2.49. The first-order valence-corrected chi connectivity index (χ1v) is 13.5. The monoisotopic (exact) mass is 485 g/mol. The summed E-state index contributed by atoms with van der Waals surface area (Å²) in [6.07, 6.45) is 1.74. The Kier molecular flexibility index (Phi) is 5.02. The molecule has 2 aliphatic rings. The van der Waals surface area contributed by atoms with Crippen LogP contribution in [0.1, 0.15) is 38.5 Å². The summed E-state index contributed by atoms with van der Waals surface area (Å²) in [4.78, 5) is 27.4.